The average molecular weight is 379 g/mol. The Morgan fingerprint density at radius 1 is 1.05 bits per heavy atom. The van der Waals surface area contributed by atoms with Gasteiger partial charge in [-0.15, -0.1) is 0 Å². The summed E-state index contributed by atoms with van der Waals surface area (Å²) in [6.07, 6.45) is 0. The fourth-order valence-corrected chi connectivity index (χ4v) is 2.57. The van der Waals surface area contributed by atoms with E-state index in [0.717, 1.165) is 16.7 Å². The van der Waals surface area contributed by atoms with E-state index >= 15 is 0 Å². The first-order chi connectivity index (χ1) is 9.61. The van der Waals surface area contributed by atoms with Crippen molar-refractivity contribution in [1.29, 1.82) is 0 Å². The highest BCUT2D eigenvalue weighted by Crippen LogP contribution is 2.22. The van der Waals surface area contributed by atoms with E-state index < -0.39 is 0 Å². The third-order valence-corrected chi connectivity index (χ3v) is 3.99. The smallest absolute Gasteiger partial charge is 0.323 e. The molecule has 1 unspecified atom stereocenters. The quantitative estimate of drug-likeness (QED) is 0.609. The predicted octanol–water partition coefficient (Wildman–Crippen LogP) is 3.63. The van der Waals surface area contributed by atoms with Gasteiger partial charge in [0.25, 0.3) is 0 Å². The SMILES string of the molecule is CC(Nc1ccc2[nH]c(=O)[nH]c2c1)c1ccc(I)cc1. The number of hydrogen-bond acceptors (Lipinski definition) is 2. The largest absolute Gasteiger partial charge is 0.378 e. The lowest BCUT2D eigenvalue weighted by Crippen LogP contribution is -2.06. The molecule has 1 heterocycles. The van der Waals surface area contributed by atoms with Crippen LogP contribution in [0, 0.1) is 3.57 Å². The van der Waals surface area contributed by atoms with Crippen molar-refractivity contribution in [3.05, 3.63) is 62.1 Å². The molecule has 0 aliphatic rings. The van der Waals surface area contributed by atoms with E-state index in [2.05, 4.69) is 69.1 Å². The molecule has 0 radical (unpaired) electrons. The number of imidazole rings is 1. The molecule has 3 aromatic rings. The molecule has 0 saturated carbocycles. The van der Waals surface area contributed by atoms with E-state index in [1.807, 2.05) is 18.2 Å². The Balaban J connectivity index is 1.84. The zero-order valence-electron chi connectivity index (χ0n) is 10.9. The van der Waals surface area contributed by atoms with Gasteiger partial charge in [-0.2, -0.15) is 0 Å². The van der Waals surface area contributed by atoms with Crippen LogP contribution in [0.4, 0.5) is 5.69 Å². The second kappa shape index (κ2) is 5.32. The topological polar surface area (TPSA) is 60.7 Å². The lowest BCUT2D eigenvalue weighted by atomic mass is 10.1. The van der Waals surface area contributed by atoms with Gasteiger partial charge in [0.05, 0.1) is 11.0 Å². The summed E-state index contributed by atoms with van der Waals surface area (Å²) >= 11 is 2.30. The highest BCUT2D eigenvalue weighted by molar-refractivity contribution is 14.1. The van der Waals surface area contributed by atoms with Gasteiger partial charge in [-0.3, -0.25) is 0 Å². The van der Waals surface area contributed by atoms with Crippen molar-refractivity contribution in [2.45, 2.75) is 13.0 Å². The molecule has 0 aliphatic carbocycles. The van der Waals surface area contributed by atoms with Gasteiger partial charge < -0.3 is 15.3 Å². The molecule has 0 aliphatic heterocycles. The van der Waals surface area contributed by atoms with Crippen molar-refractivity contribution < 1.29 is 0 Å². The lowest BCUT2D eigenvalue weighted by molar-refractivity contribution is 0.885. The molecule has 4 nitrogen and oxygen atoms in total. The van der Waals surface area contributed by atoms with Gasteiger partial charge in [0.2, 0.25) is 0 Å². The summed E-state index contributed by atoms with van der Waals surface area (Å²) in [4.78, 5) is 16.7. The Bertz CT molecular complexity index is 789. The highest BCUT2D eigenvalue weighted by Gasteiger charge is 2.06. The van der Waals surface area contributed by atoms with E-state index in [0.29, 0.717) is 0 Å². The maximum Gasteiger partial charge on any atom is 0.323 e. The summed E-state index contributed by atoms with van der Waals surface area (Å²) in [7, 11) is 0. The van der Waals surface area contributed by atoms with E-state index in [1.165, 1.54) is 9.13 Å². The van der Waals surface area contributed by atoms with Gasteiger partial charge in [0, 0.05) is 15.3 Å². The molecule has 0 spiro atoms. The molecule has 1 aromatic heterocycles. The lowest BCUT2D eigenvalue weighted by Gasteiger charge is -2.15. The average Bonchev–Trinajstić information content (AvgIpc) is 2.78. The molecule has 1 atom stereocenters. The fraction of sp³-hybridized carbons (Fsp3) is 0.133. The number of aromatic amines is 2. The fourth-order valence-electron chi connectivity index (χ4n) is 2.21. The highest BCUT2D eigenvalue weighted by atomic mass is 127. The van der Waals surface area contributed by atoms with Crippen LogP contribution in [0.1, 0.15) is 18.5 Å². The number of rotatable bonds is 3. The van der Waals surface area contributed by atoms with Gasteiger partial charge >= 0.3 is 5.69 Å². The summed E-state index contributed by atoms with van der Waals surface area (Å²) in [6.45, 7) is 2.12. The molecule has 3 N–H and O–H groups in total. The summed E-state index contributed by atoms with van der Waals surface area (Å²) in [6, 6.07) is 14.4. The van der Waals surface area contributed by atoms with E-state index in [4.69, 9.17) is 0 Å². The Morgan fingerprint density at radius 2 is 1.75 bits per heavy atom. The first kappa shape index (κ1) is 13.2. The maximum atomic E-state index is 11.2. The van der Waals surface area contributed by atoms with Crippen LogP contribution in [0.3, 0.4) is 0 Å². The van der Waals surface area contributed by atoms with Gasteiger partial charge in [-0.1, -0.05) is 12.1 Å². The number of hydrogen-bond donors (Lipinski definition) is 3. The summed E-state index contributed by atoms with van der Waals surface area (Å²) in [5, 5.41) is 3.44. The van der Waals surface area contributed by atoms with E-state index in [-0.39, 0.29) is 11.7 Å². The van der Waals surface area contributed by atoms with Crippen LogP contribution in [0.5, 0.6) is 0 Å². The van der Waals surface area contributed by atoms with Crippen LogP contribution >= 0.6 is 22.6 Å². The van der Waals surface area contributed by atoms with Crippen molar-refractivity contribution >= 4 is 39.3 Å². The monoisotopic (exact) mass is 379 g/mol. The van der Waals surface area contributed by atoms with Crippen molar-refractivity contribution in [1.82, 2.24) is 9.97 Å². The van der Waals surface area contributed by atoms with Gasteiger partial charge in [-0.05, 0) is 65.4 Å². The number of H-pyrrole nitrogens is 2. The molecule has 0 amide bonds. The molecule has 5 heteroatoms. The standard InChI is InChI=1S/C15H14IN3O/c1-9(10-2-4-11(16)5-3-10)17-12-6-7-13-14(8-12)19-15(20)18-13/h2-9,17H,1H3,(H2,18,19,20). The number of nitrogens with one attached hydrogen (secondary N) is 3. The molecule has 0 saturated heterocycles. The molecule has 20 heavy (non-hydrogen) atoms. The van der Waals surface area contributed by atoms with Crippen molar-refractivity contribution in [3.8, 4) is 0 Å². The molecule has 2 aromatic carbocycles. The zero-order chi connectivity index (χ0) is 14.1. The Hall–Kier alpha value is -1.76. The number of anilines is 1. The van der Waals surface area contributed by atoms with E-state index in [9.17, 15) is 4.79 Å². The minimum Gasteiger partial charge on any atom is -0.378 e. The van der Waals surface area contributed by atoms with E-state index in [1.54, 1.807) is 0 Å². The number of benzene rings is 2. The molecule has 3 rings (SSSR count). The van der Waals surface area contributed by atoms with Crippen molar-refractivity contribution in [2.24, 2.45) is 0 Å². The molecule has 0 fully saturated rings. The summed E-state index contributed by atoms with van der Waals surface area (Å²) < 4.78 is 1.23. The van der Waals surface area contributed by atoms with Crippen LogP contribution in [-0.2, 0) is 0 Å². The van der Waals surface area contributed by atoms with Crippen LogP contribution in [0.2, 0.25) is 0 Å². The zero-order valence-corrected chi connectivity index (χ0v) is 13.1. The maximum absolute atomic E-state index is 11.2. The van der Waals surface area contributed by atoms with Crippen molar-refractivity contribution in [2.75, 3.05) is 5.32 Å². The van der Waals surface area contributed by atoms with Gasteiger partial charge in [0.1, 0.15) is 0 Å². The molecular formula is C15H14IN3O. The van der Waals surface area contributed by atoms with Crippen LogP contribution in [0.15, 0.2) is 47.3 Å². The third-order valence-electron chi connectivity index (χ3n) is 3.27. The second-order valence-corrected chi connectivity index (χ2v) is 6.00. The van der Waals surface area contributed by atoms with Gasteiger partial charge in [0.15, 0.2) is 0 Å². The van der Waals surface area contributed by atoms with Crippen molar-refractivity contribution in [3.63, 3.8) is 0 Å². The number of halogens is 1. The third kappa shape index (κ3) is 2.72. The van der Waals surface area contributed by atoms with Gasteiger partial charge in [-0.25, -0.2) is 4.79 Å². The first-order valence-electron chi connectivity index (χ1n) is 6.36. The number of fused-ring (bicyclic) bond motifs is 1. The Labute approximate surface area is 129 Å². The van der Waals surface area contributed by atoms with Crippen LogP contribution in [0.25, 0.3) is 11.0 Å². The summed E-state index contributed by atoms with van der Waals surface area (Å²) in [5.74, 6) is 0. The molecule has 102 valence electrons. The Morgan fingerprint density at radius 3 is 2.50 bits per heavy atom. The second-order valence-electron chi connectivity index (χ2n) is 4.76. The Kier molecular flexibility index (Phi) is 3.52. The molecule has 0 bridgehead atoms. The number of aromatic nitrogens is 2. The minimum atomic E-state index is -0.178. The van der Waals surface area contributed by atoms with Crippen LogP contribution < -0.4 is 11.0 Å². The summed E-state index contributed by atoms with van der Waals surface area (Å²) in [5.41, 5.74) is 3.67. The molecular weight excluding hydrogens is 365 g/mol. The predicted molar refractivity (Wildman–Crippen MR) is 90.1 cm³/mol. The van der Waals surface area contributed by atoms with Crippen LogP contribution in [-0.4, -0.2) is 9.97 Å². The minimum absolute atomic E-state index is 0.178. The first-order valence-corrected chi connectivity index (χ1v) is 7.44. The normalized spacial score (nSPS) is 12.5.